The first-order chi connectivity index (χ1) is 14.5. The summed E-state index contributed by atoms with van der Waals surface area (Å²) in [7, 11) is 1.71. The number of hydrogen-bond acceptors (Lipinski definition) is 7. The van der Waals surface area contributed by atoms with E-state index < -0.39 is 5.92 Å². The summed E-state index contributed by atoms with van der Waals surface area (Å²) in [5, 5.41) is 14.6. The summed E-state index contributed by atoms with van der Waals surface area (Å²) in [5.41, 5.74) is 2.90. The number of tetrazole rings is 1. The maximum absolute atomic E-state index is 13.5. The molecule has 1 aliphatic rings. The quantitative estimate of drug-likeness (QED) is 0.650. The third kappa shape index (κ3) is 4.28. The van der Waals surface area contributed by atoms with Crippen LogP contribution >= 0.6 is 11.8 Å². The molecule has 0 fully saturated rings. The number of amides is 1. The van der Waals surface area contributed by atoms with E-state index in [4.69, 9.17) is 9.98 Å². The number of hydrogen-bond donors (Lipinski definition) is 1. The van der Waals surface area contributed by atoms with Crippen molar-refractivity contribution in [1.82, 2.24) is 25.5 Å². The first-order valence-corrected chi connectivity index (χ1v) is 10.1. The van der Waals surface area contributed by atoms with Gasteiger partial charge in [0.15, 0.2) is 0 Å². The van der Waals surface area contributed by atoms with Crippen molar-refractivity contribution in [3.8, 4) is 0 Å². The minimum Gasteiger partial charge on any atom is -0.313 e. The van der Waals surface area contributed by atoms with Crippen molar-refractivity contribution in [3.63, 3.8) is 0 Å². The van der Waals surface area contributed by atoms with Crippen LogP contribution in [0.3, 0.4) is 0 Å². The molecule has 4 rings (SSSR count). The first kappa shape index (κ1) is 19.9. The largest absolute Gasteiger partial charge is 0.313 e. The predicted molar refractivity (Wildman–Crippen MR) is 113 cm³/mol. The van der Waals surface area contributed by atoms with Gasteiger partial charge in [0.25, 0.3) is 0 Å². The Kier molecular flexibility index (Phi) is 5.66. The lowest BCUT2D eigenvalue weighted by atomic mass is 9.93. The average molecular weight is 423 g/mol. The molecule has 1 amide bonds. The number of rotatable bonds is 4. The molecule has 0 bridgehead atoms. The predicted octanol–water partition coefficient (Wildman–Crippen LogP) is 3.18. The topological polar surface area (TPSA) is 97.4 Å². The molecule has 10 heteroatoms. The molecule has 1 N–H and O–H groups in total. The fourth-order valence-electron chi connectivity index (χ4n) is 3.11. The average Bonchev–Trinajstić information content (AvgIpc) is 3.08. The molecule has 0 spiro atoms. The molecule has 152 valence electrons. The monoisotopic (exact) mass is 423 g/mol. The van der Waals surface area contributed by atoms with E-state index in [0.29, 0.717) is 22.4 Å². The van der Waals surface area contributed by atoms with E-state index in [1.54, 1.807) is 19.2 Å². The van der Waals surface area contributed by atoms with E-state index in [0.717, 1.165) is 11.3 Å². The molecule has 0 saturated carbocycles. The van der Waals surface area contributed by atoms with Crippen molar-refractivity contribution in [2.24, 2.45) is 17.0 Å². The number of amidine groups is 1. The summed E-state index contributed by atoms with van der Waals surface area (Å²) in [5.74, 6) is -0.443. The Hall–Kier alpha value is -3.40. The number of benzene rings is 2. The van der Waals surface area contributed by atoms with Gasteiger partial charge in [-0.15, -0.1) is 5.10 Å². The lowest BCUT2D eigenvalue weighted by Gasteiger charge is -2.19. The van der Waals surface area contributed by atoms with Crippen LogP contribution in [-0.4, -0.2) is 43.4 Å². The van der Waals surface area contributed by atoms with Gasteiger partial charge in [-0.1, -0.05) is 36.0 Å². The number of carbonyl (C=O) groups excluding carboxylic acids is 1. The molecule has 2 aromatic carbocycles. The lowest BCUT2D eigenvalue weighted by molar-refractivity contribution is -0.117. The lowest BCUT2D eigenvalue weighted by Crippen LogP contribution is -2.38. The number of carbonyl (C=O) groups is 1. The van der Waals surface area contributed by atoms with Gasteiger partial charge in [-0.25, -0.2) is 14.1 Å². The standard InChI is InChI=1S/C20H18FN7OS/c1-12-18(13-7-9-14(21)10-8-13)19(23-16-6-4-3-5-15(16)22-12)24-17(29)11-30-20-25-26-27-28(20)2/h3-10,18H,11H2,1-2H3,(H,23,24,29)/t18-/m1/s1. The van der Waals surface area contributed by atoms with E-state index >= 15 is 0 Å². The molecule has 1 aliphatic heterocycles. The van der Waals surface area contributed by atoms with Crippen LogP contribution in [0, 0.1) is 5.82 Å². The number of thioether (sulfide) groups is 1. The number of halogens is 1. The van der Waals surface area contributed by atoms with Gasteiger partial charge in [-0.2, -0.15) is 0 Å². The molecule has 8 nitrogen and oxygen atoms in total. The van der Waals surface area contributed by atoms with Crippen LogP contribution in [0.4, 0.5) is 15.8 Å². The highest BCUT2D eigenvalue weighted by Gasteiger charge is 2.26. The zero-order chi connectivity index (χ0) is 21.1. The maximum atomic E-state index is 13.5. The molecular formula is C20H18FN7OS. The molecule has 3 aromatic rings. The van der Waals surface area contributed by atoms with Crippen molar-refractivity contribution < 1.29 is 9.18 Å². The van der Waals surface area contributed by atoms with Gasteiger partial charge >= 0.3 is 0 Å². The molecule has 1 atom stereocenters. The second-order valence-electron chi connectivity index (χ2n) is 6.65. The van der Waals surface area contributed by atoms with Gasteiger partial charge in [0.2, 0.25) is 11.1 Å². The Labute approximate surface area is 176 Å². The minimum absolute atomic E-state index is 0.112. The maximum Gasteiger partial charge on any atom is 0.235 e. The highest BCUT2D eigenvalue weighted by Crippen LogP contribution is 2.34. The molecular weight excluding hydrogens is 405 g/mol. The normalized spacial score (nSPS) is 15.6. The molecule has 30 heavy (non-hydrogen) atoms. The van der Waals surface area contributed by atoms with Gasteiger partial charge in [-0.3, -0.25) is 9.79 Å². The first-order valence-electron chi connectivity index (χ1n) is 9.14. The molecule has 0 saturated heterocycles. The number of fused-ring (bicyclic) bond motifs is 1. The minimum atomic E-state index is -0.413. The van der Waals surface area contributed by atoms with Crippen LogP contribution in [0.15, 0.2) is 63.7 Å². The summed E-state index contributed by atoms with van der Waals surface area (Å²) in [4.78, 5) is 22.1. The number of para-hydroxylation sites is 2. The zero-order valence-corrected chi connectivity index (χ0v) is 17.1. The summed E-state index contributed by atoms with van der Waals surface area (Å²) in [6.45, 7) is 1.87. The van der Waals surface area contributed by atoms with E-state index in [2.05, 4.69) is 20.8 Å². The van der Waals surface area contributed by atoms with Gasteiger partial charge in [-0.05, 0) is 47.2 Å². The SMILES string of the molecule is CC1=Nc2ccccc2N=C(NC(=O)CSc2nnnn2C)[C@H]1c1ccc(F)cc1. The van der Waals surface area contributed by atoms with E-state index in [-0.39, 0.29) is 17.5 Å². The number of aliphatic imine (C=N–C) groups is 2. The summed E-state index contributed by atoms with van der Waals surface area (Å²) < 4.78 is 15.0. The molecule has 1 aromatic heterocycles. The second kappa shape index (κ2) is 8.54. The van der Waals surface area contributed by atoms with Crippen molar-refractivity contribution in [1.29, 1.82) is 0 Å². The van der Waals surface area contributed by atoms with Crippen molar-refractivity contribution >= 4 is 40.6 Å². The Morgan fingerprint density at radius 3 is 2.50 bits per heavy atom. The van der Waals surface area contributed by atoms with Crippen LogP contribution in [0.1, 0.15) is 18.4 Å². The molecule has 0 unspecified atom stereocenters. The molecule has 0 aliphatic carbocycles. The van der Waals surface area contributed by atoms with Gasteiger partial charge in [0.1, 0.15) is 11.7 Å². The van der Waals surface area contributed by atoms with Crippen molar-refractivity contribution in [3.05, 3.63) is 59.9 Å². The van der Waals surface area contributed by atoms with Gasteiger partial charge < -0.3 is 5.32 Å². The highest BCUT2D eigenvalue weighted by molar-refractivity contribution is 7.99. The summed E-state index contributed by atoms with van der Waals surface area (Å²) >= 11 is 1.22. The number of nitrogens with one attached hydrogen (secondary N) is 1. The van der Waals surface area contributed by atoms with Crippen molar-refractivity contribution in [2.75, 3.05) is 5.75 Å². The van der Waals surface area contributed by atoms with Gasteiger partial charge in [0.05, 0.1) is 23.0 Å². The van der Waals surface area contributed by atoms with E-state index in [9.17, 15) is 9.18 Å². The van der Waals surface area contributed by atoms with E-state index in [1.165, 1.54) is 28.6 Å². The fraction of sp³-hybridized carbons (Fsp3) is 0.200. The van der Waals surface area contributed by atoms with Crippen LogP contribution in [0.2, 0.25) is 0 Å². The van der Waals surface area contributed by atoms with Gasteiger partial charge in [0, 0.05) is 12.8 Å². The van der Waals surface area contributed by atoms with Crippen molar-refractivity contribution in [2.45, 2.75) is 18.0 Å². The molecule has 2 heterocycles. The summed E-state index contributed by atoms with van der Waals surface area (Å²) in [6.07, 6.45) is 0. The number of aryl methyl sites for hydroxylation is 1. The van der Waals surface area contributed by atoms with Crippen LogP contribution in [-0.2, 0) is 11.8 Å². The van der Waals surface area contributed by atoms with E-state index in [1.807, 2.05) is 31.2 Å². The summed E-state index contributed by atoms with van der Waals surface area (Å²) in [6, 6.07) is 13.6. The Morgan fingerprint density at radius 1 is 1.13 bits per heavy atom. The Bertz CT molecular complexity index is 1140. The smallest absolute Gasteiger partial charge is 0.235 e. The fourth-order valence-corrected chi connectivity index (χ4v) is 3.76. The Morgan fingerprint density at radius 2 is 1.83 bits per heavy atom. The second-order valence-corrected chi connectivity index (χ2v) is 7.59. The van der Waals surface area contributed by atoms with Crippen LogP contribution in [0.5, 0.6) is 0 Å². The van der Waals surface area contributed by atoms with Crippen LogP contribution < -0.4 is 5.32 Å². The zero-order valence-electron chi connectivity index (χ0n) is 16.3. The number of aromatic nitrogens is 4. The highest BCUT2D eigenvalue weighted by atomic mass is 32.2. The Balaban J connectivity index is 1.64. The van der Waals surface area contributed by atoms with Crippen LogP contribution in [0.25, 0.3) is 0 Å². The third-order valence-corrected chi connectivity index (χ3v) is 5.51. The number of nitrogens with zero attached hydrogens (tertiary/aromatic N) is 6. The third-order valence-electron chi connectivity index (χ3n) is 4.50. The molecule has 0 radical (unpaired) electrons.